The van der Waals surface area contributed by atoms with Crippen LogP contribution in [0.25, 0.3) is 78.1 Å². The number of rotatable bonds is 5. The van der Waals surface area contributed by atoms with Crippen LogP contribution in [0.5, 0.6) is 0 Å². The fourth-order valence-electron chi connectivity index (χ4n) is 7.13. The van der Waals surface area contributed by atoms with E-state index < -0.39 is 19.1 Å². The molecular weight excluding hydrogens is 593 g/mol. The number of aromatic nitrogens is 2. The molecule has 0 amide bonds. The van der Waals surface area contributed by atoms with Gasteiger partial charge in [-0.05, 0) is 67.4 Å². The van der Waals surface area contributed by atoms with Crippen LogP contribution in [-0.4, -0.2) is 9.97 Å². The number of hydrogen-bond donors (Lipinski definition) is 0. The van der Waals surface area contributed by atoms with Gasteiger partial charge in [-0.15, -0.1) is 0 Å². The molecular formula is C47H34N2. The molecule has 0 saturated heterocycles. The van der Waals surface area contributed by atoms with E-state index in [-0.39, 0.29) is 0 Å². The van der Waals surface area contributed by atoms with E-state index in [1.54, 1.807) is 18.2 Å². The van der Waals surface area contributed by atoms with Crippen molar-refractivity contribution < 1.29 is 8.22 Å². The Kier molecular flexibility index (Phi) is 5.47. The first kappa shape index (κ1) is 23.2. The monoisotopic (exact) mass is 632 g/mol. The Morgan fingerprint density at radius 1 is 0.388 bits per heavy atom. The van der Waals surface area contributed by atoms with Crippen molar-refractivity contribution in [2.24, 2.45) is 0 Å². The summed E-state index contributed by atoms with van der Waals surface area (Å²) in [6.07, 6.45) is 0. The molecule has 2 heteroatoms. The van der Waals surface area contributed by atoms with Gasteiger partial charge in [-0.1, -0.05) is 171 Å². The predicted molar refractivity (Wildman–Crippen MR) is 204 cm³/mol. The summed E-state index contributed by atoms with van der Waals surface area (Å²) in [5, 5.41) is 2.13. The minimum atomic E-state index is -2.81. The second kappa shape index (κ2) is 11.5. The lowest BCUT2D eigenvalue weighted by atomic mass is 9.81. The Bertz CT molecular complexity index is 2650. The van der Waals surface area contributed by atoms with Crippen LogP contribution in [0.3, 0.4) is 0 Å². The second-order valence-corrected chi connectivity index (χ2v) is 12.5. The molecule has 1 aliphatic carbocycles. The molecule has 0 bridgehead atoms. The third kappa shape index (κ3) is 4.96. The van der Waals surface area contributed by atoms with E-state index in [2.05, 4.69) is 54.6 Å². The maximum Gasteiger partial charge on any atom is 0.160 e. The van der Waals surface area contributed by atoms with E-state index in [9.17, 15) is 0 Å². The van der Waals surface area contributed by atoms with Crippen molar-refractivity contribution in [2.75, 3.05) is 0 Å². The number of nitrogens with zero attached hydrogens (tertiary/aromatic N) is 2. The van der Waals surface area contributed by atoms with Crippen LogP contribution in [0.1, 0.15) is 33.1 Å². The first-order valence-electron chi connectivity index (χ1n) is 19.4. The summed E-state index contributed by atoms with van der Waals surface area (Å²) in [6, 6.07) is 55.5. The molecule has 0 aliphatic heterocycles. The van der Waals surface area contributed by atoms with Gasteiger partial charge in [0.15, 0.2) is 5.82 Å². The van der Waals surface area contributed by atoms with Gasteiger partial charge in [0.25, 0.3) is 0 Å². The summed E-state index contributed by atoms with van der Waals surface area (Å²) in [6.45, 7) is -5.62. The van der Waals surface area contributed by atoms with Crippen molar-refractivity contribution in [3.05, 3.63) is 181 Å². The standard InChI is InChI=1S/C47H34N2/c1-47(2)42-20-12-11-19-39(42)40-26-25-35(29-43(40)47)31-21-23-32(24-22-31)36-27-28-41(38-18-10-9-17-37(36)38)45-30-44(33-13-5-3-6-14-33)48-46(49-45)34-15-7-4-8-16-34/h3-30H,1-2H3/i1D3,2D3. The van der Waals surface area contributed by atoms with Crippen LogP contribution in [-0.2, 0) is 5.41 Å². The normalized spacial score (nSPS) is 15.2. The Labute approximate surface area is 295 Å². The Morgan fingerprint density at radius 2 is 0.939 bits per heavy atom. The van der Waals surface area contributed by atoms with Crippen molar-refractivity contribution in [1.29, 1.82) is 0 Å². The Morgan fingerprint density at radius 3 is 1.69 bits per heavy atom. The van der Waals surface area contributed by atoms with Gasteiger partial charge in [-0.3, -0.25) is 0 Å². The quantitative estimate of drug-likeness (QED) is 0.189. The van der Waals surface area contributed by atoms with Gasteiger partial charge in [0.05, 0.1) is 11.4 Å². The fraction of sp³-hybridized carbons (Fsp3) is 0.0638. The highest BCUT2D eigenvalue weighted by molar-refractivity contribution is 6.05. The lowest BCUT2D eigenvalue weighted by Crippen LogP contribution is -2.14. The molecule has 7 aromatic carbocycles. The maximum atomic E-state index is 8.59. The fourth-order valence-corrected chi connectivity index (χ4v) is 7.13. The summed E-state index contributed by atoms with van der Waals surface area (Å²) in [7, 11) is 0. The van der Waals surface area contributed by atoms with E-state index in [0.29, 0.717) is 28.1 Å². The molecule has 8 aromatic rings. The Hall–Kier alpha value is -6.12. The highest BCUT2D eigenvalue weighted by Gasteiger charge is 2.35. The molecule has 232 valence electrons. The van der Waals surface area contributed by atoms with Gasteiger partial charge in [0.1, 0.15) is 0 Å². The van der Waals surface area contributed by atoms with Gasteiger partial charge < -0.3 is 0 Å². The third-order valence-corrected chi connectivity index (χ3v) is 9.60. The molecule has 0 saturated carbocycles. The summed E-state index contributed by atoms with van der Waals surface area (Å²) < 4.78 is 51.6. The van der Waals surface area contributed by atoms with Crippen LogP contribution < -0.4 is 0 Å². The summed E-state index contributed by atoms with van der Waals surface area (Å²) >= 11 is 0. The van der Waals surface area contributed by atoms with Crippen LogP contribution in [0, 0.1) is 0 Å². The molecule has 0 unspecified atom stereocenters. The maximum absolute atomic E-state index is 8.59. The molecule has 1 aromatic heterocycles. The molecule has 0 spiro atoms. The highest BCUT2D eigenvalue weighted by atomic mass is 14.9. The average molecular weight is 633 g/mol. The second-order valence-electron chi connectivity index (χ2n) is 12.5. The van der Waals surface area contributed by atoms with Crippen molar-refractivity contribution in [1.82, 2.24) is 9.97 Å². The van der Waals surface area contributed by atoms with Crippen LogP contribution in [0.4, 0.5) is 0 Å². The minimum Gasteiger partial charge on any atom is -0.228 e. The van der Waals surface area contributed by atoms with Gasteiger partial charge >= 0.3 is 0 Å². The molecule has 2 nitrogen and oxygen atoms in total. The van der Waals surface area contributed by atoms with Gasteiger partial charge in [-0.25, -0.2) is 9.97 Å². The van der Waals surface area contributed by atoms with E-state index in [1.165, 1.54) is 0 Å². The lowest BCUT2D eigenvalue weighted by Gasteiger charge is -2.22. The van der Waals surface area contributed by atoms with Crippen molar-refractivity contribution >= 4 is 10.8 Å². The molecule has 49 heavy (non-hydrogen) atoms. The zero-order valence-corrected chi connectivity index (χ0v) is 26.6. The summed E-state index contributed by atoms with van der Waals surface area (Å²) in [5.41, 5.74) is 8.09. The number of benzene rings is 7. The average Bonchev–Trinajstić information content (AvgIpc) is 3.53. The van der Waals surface area contributed by atoms with Crippen molar-refractivity contribution in [3.8, 4) is 67.3 Å². The van der Waals surface area contributed by atoms with E-state index in [1.807, 2.05) is 97.1 Å². The van der Waals surface area contributed by atoms with E-state index in [4.69, 9.17) is 18.2 Å². The SMILES string of the molecule is [2H]C([2H])([2H])C1(C([2H])([2H])[2H])c2ccccc2-c2ccc(-c3ccc(-c4ccc(-c5cc(-c6ccccc6)nc(-c6ccccc6)n5)c5ccccc45)cc3)cc21. The van der Waals surface area contributed by atoms with Crippen LogP contribution in [0.2, 0.25) is 0 Å². The highest BCUT2D eigenvalue weighted by Crippen LogP contribution is 2.49. The van der Waals surface area contributed by atoms with Gasteiger partial charge in [0, 0.05) is 30.3 Å². The molecule has 0 fully saturated rings. The van der Waals surface area contributed by atoms with Crippen molar-refractivity contribution in [2.45, 2.75) is 19.1 Å². The number of fused-ring (bicyclic) bond motifs is 4. The molecule has 0 atom stereocenters. The summed E-state index contributed by atoms with van der Waals surface area (Å²) in [5.74, 6) is 0.658. The molecule has 1 heterocycles. The minimum absolute atomic E-state index is 0.312. The molecule has 0 N–H and O–H groups in total. The predicted octanol–water partition coefficient (Wildman–Crippen LogP) is 12.3. The molecule has 1 aliphatic rings. The van der Waals surface area contributed by atoms with Crippen molar-refractivity contribution in [3.63, 3.8) is 0 Å². The van der Waals surface area contributed by atoms with E-state index >= 15 is 0 Å². The smallest absolute Gasteiger partial charge is 0.160 e. The summed E-state index contributed by atoms with van der Waals surface area (Å²) in [4.78, 5) is 10.1. The molecule has 0 radical (unpaired) electrons. The van der Waals surface area contributed by atoms with Crippen LogP contribution >= 0.6 is 0 Å². The zero-order chi connectivity index (χ0) is 38.0. The first-order valence-corrected chi connectivity index (χ1v) is 16.4. The van der Waals surface area contributed by atoms with Crippen LogP contribution in [0.15, 0.2) is 170 Å². The van der Waals surface area contributed by atoms with Gasteiger partial charge in [-0.2, -0.15) is 0 Å². The largest absolute Gasteiger partial charge is 0.228 e. The topological polar surface area (TPSA) is 25.8 Å². The molecule has 9 rings (SSSR count). The zero-order valence-electron chi connectivity index (χ0n) is 32.6. The van der Waals surface area contributed by atoms with Gasteiger partial charge in [0.2, 0.25) is 0 Å². The first-order chi connectivity index (χ1) is 26.5. The lowest BCUT2D eigenvalue weighted by molar-refractivity contribution is 0.660. The van der Waals surface area contributed by atoms with E-state index in [0.717, 1.165) is 61.1 Å². The number of hydrogen-bond acceptors (Lipinski definition) is 2. The third-order valence-electron chi connectivity index (χ3n) is 9.60. The Balaban J connectivity index is 1.13.